The first-order valence-electron chi connectivity index (χ1n) is 9.70. The van der Waals surface area contributed by atoms with Crippen LogP contribution in [-0.2, 0) is 16.7 Å². The van der Waals surface area contributed by atoms with Gasteiger partial charge in [-0.1, -0.05) is 29.8 Å². The largest absolute Gasteiger partial charge is 0.744 e. The molecule has 11 heteroatoms. The summed E-state index contributed by atoms with van der Waals surface area (Å²) >= 11 is 0. The fourth-order valence-corrected chi connectivity index (χ4v) is 3.88. The third-order valence-electron chi connectivity index (χ3n) is 4.95. The quantitative estimate of drug-likeness (QED) is 0.191. The van der Waals surface area contributed by atoms with Gasteiger partial charge in [0, 0.05) is 6.92 Å². The smallest absolute Gasteiger partial charge is 0.259 e. The van der Waals surface area contributed by atoms with Crippen LogP contribution in [0.5, 0.6) is 0 Å². The van der Waals surface area contributed by atoms with Crippen LogP contribution >= 0.6 is 0 Å². The highest BCUT2D eigenvalue weighted by molar-refractivity contribution is 7.85. The maximum atomic E-state index is 14.1. The molecule has 33 heavy (non-hydrogen) atoms. The van der Waals surface area contributed by atoms with Crippen molar-refractivity contribution in [3.63, 3.8) is 0 Å². The van der Waals surface area contributed by atoms with Gasteiger partial charge in [-0.05, 0) is 38.1 Å². The maximum Gasteiger partial charge on any atom is 0.259 e. The molecule has 0 N–H and O–H groups in total. The minimum Gasteiger partial charge on any atom is -0.744 e. The van der Waals surface area contributed by atoms with E-state index in [2.05, 4.69) is 4.98 Å². The number of fused-ring (bicyclic) bond motifs is 1. The Morgan fingerprint density at radius 1 is 0.939 bits per heavy atom. The zero-order valence-electron chi connectivity index (χ0n) is 17.8. The molecule has 0 bridgehead atoms. The number of hydrogen-bond acceptors (Lipinski definition) is 4. The van der Waals surface area contributed by atoms with Crippen LogP contribution in [0.15, 0.2) is 53.4 Å². The molecule has 2 aromatic heterocycles. The van der Waals surface area contributed by atoms with E-state index >= 15 is 0 Å². The van der Waals surface area contributed by atoms with Crippen LogP contribution in [0.3, 0.4) is 0 Å². The fraction of sp³-hybridized carbons (Fsp3) is 0.182. The second-order valence-electron chi connectivity index (χ2n) is 7.05. The molecule has 0 saturated carbocycles. The first-order valence-corrected chi connectivity index (χ1v) is 11.1. The molecule has 0 aliphatic heterocycles. The number of para-hydroxylation sites is 2. The number of nitrogens with zero attached hydrogens (tertiary/aromatic N) is 3. The van der Waals surface area contributed by atoms with E-state index in [0.717, 1.165) is 10.1 Å². The summed E-state index contributed by atoms with van der Waals surface area (Å²) in [4.78, 5) is 2.41. The van der Waals surface area contributed by atoms with Crippen LogP contribution in [0.4, 0.5) is 17.6 Å². The molecule has 4 aromatic rings. The second-order valence-corrected chi connectivity index (χ2v) is 8.43. The standard InChI is InChI=1S/C15H12F4N3.C7H8O3S/c1-3-21-8(2)22(10-7-5-4-6-9(10)21)13-11(16)14(18)20-15(19)12(13)17;1-6-2-4-7(5-3-6)11(8,9)10/h4-7H,3H2,1-2H3;2-5H,1H3,(H,8,9,10)/q+1;/p-1. The Morgan fingerprint density at radius 3 is 2.00 bits per heavy atom. The minimum absolute atomic E-state index is 0.178. The van der Waals surface area contributed by atoms with Crippen LogP contribution in [0.1, 0.15) is 18.3 Å². The topological polar surface area (TPSA) is 78.9 Å². The molecule has 0 spiro atoms. The Bertz CT molecular complexity index is 1410. The van der Waals surface area contributed by atoms with E-state index in [1.54, 1.807) is 47.9 Å². The SMILES string of the molecule is CC[n+]1c(C)n(-c2c(F)c(F)nc(F)c2F)c2ccccc21.Cc1ccc(S(=O)(=O)[O-])cc1. The number of benzene rings is 2. The van der Waals surface area contributed by atoms with Crippen LogP contribution in [0.2, 0.25) is 0 Å². The van der Waals surface area contributed by atoms with Gasteiger partial charge in [0.25, 0.3) is 17.7 Å². The van der Waals surface area contributed by atoms with E-state index in [4.69, 9.17) is 0 Å². The maximum absolute atomic E-state index is 14.1. The molecule has 0 radical (unpaired) electrons. The number of halogens is 4. The molecule has 0 saturated heterocycles. The second kappa shape index (κ2) is 9.28. The van der Waals surface area contributed by atoms with Crippen molar-refractivity contribution >= 4 is 21.2 Å². The summed E-state index contributed by atoms with van der Waals surface area (Å²) in [7, 11) is -4.27. The van der Waals surface area contributed by atoms with Gasteiger partial charge in [0.15, 0.2) is 11.0 Å². The van der Waals surface area contributed by atoms with Crippen molar-refractivity contribution in [1.82, 2.24) is 9.55 Å². The number of pyridine rings is 1. The summed E-state index contributed by atoms with van der Waals surface area (Å²) < 4.78 is 89.1. The van der Waals surface area contributed by atoms with Crippen molar-refractivity contribution in [2.75, 3.05) is 0 Å². The first-order chi connectivity index (χ1) is 15.5. The molecule has 0 atom stereocenters. The van der Waals surface area contributed by atoms with Gasteiger partial charge < -0.3 is 4.55 Å². The van der Waals surface area contributed by atoms with E-state index in [1.807, 2.05) is 13.8 Å². The Hall–Kier alpha value is -3.31. The van der Waals surface area contributed by atoms with Gasteiger partial charge >= 0.3 is 0 Å². The normalized spacial score (nSPS) is 11.4. The van der Waals surface area contributed by atoms with Crippen molar-refractivity contribution in [3.8, 4) is 5.69 Å². The van der Waals surface area contributed by atoms with Crippen LogP contribution in [-0.4, -0.2) is 22.5 Å². The molecule has 6 nitrogen and oxygen atoms in total. The molecule has 2 aromatic carbocycles. The van der Waals surface area contributed by atoms with E-state index in [0.29, 0.717) is 23.4 Å². The molecule has 0 fully saturated rings. The van der Waals surface area contributed by atoms with Crippen molar-refractivity contribution in [2.45, 2.75) is 32.2 Å². The van der Waals surface area contributed by atoms with Crippen molar-refractivity contribution in [2.24, 2.45) is 0 Å². The average molecular weight is 481 g/mol. The highest BCUT2D eigenvalue weighted by Gasteiger charge is 2.31. The number of aromatic nitrogens is 3. The predicted octanol–water partition coefficient (Wildman–Crippen LogP) is 4.10. The Kier molecular flexibility index (Phi) is 6.84. The molecule has 0 aliphatic rings. The summed E-state index contributed by atoms with van der Waals surface area (Å²) in [6.07, 6.45) is 0. The lowest BCUT2D eigenvalue weighted by molar-refractivity contribution is -0.674. The van der Waals surface area contributed by atoms with Crippen molar-refractivity contribution in [1.29, 1.82) is 0 Å². The Labute approximate surface area is 187 Å². The third kappa shape index (κ3) is 4.74. The lowest BCUT2D eigenvalue weighted by Crippen LogP contribution is -2.35. The highest BCUT2D eigenvalue weighted by atomic mass is 32.2. The molecule has 0 amide bonds. The monoisotopic (exact) mass is 481 g/mol. The molecular weight excluding hydrogens is 462 g/mol. The molecular formula is C22H19F4N3O3S. The zero-order chi connectivity index (χ0) is 24.5. The van der Waals surface area contributed by atoms with Gasteiger partial charge in [0.2, 0.25) is 17.3 Å². The lowest BCUT2D eigenvalue weighted by Gasteiger charge is -2.05. The molecule has 174 valence electrons. The average Bonchev–Trinajstić information content (AvgIpc) is 3.04. The number of rotatable bonds is 3. The number of hydrogen-bond donors (Lipinski definition) is 0. The van der Waals surface area contributed by atoms with E-state index in [-0.39, 0.29) is 4.90 Å². The van der Waals surface area contributed by atoms with Crippen molar-refractivity contribution in [3.05, 3.63) is 83.4 Å². The predicted molar refractivity (Wildman–Crippen MR) is 111 cm³/mol. The molecule has 2 heterocycles. The summed E-state index contributed by atoms with van der Waals surface area (Å²) in [5, 5.41) is 0. The van der Waals surface area contributed by atoms with Gasteiger partial charge in [0.05, 0.1) is 11.4 Å². The molecule has 0 unspecified atom stereocenters. The highest BCUT2D eigenvalue weighted by Crippen LogP contribution is 2.26. The Balaban J connectivity index is 0.000000235. The summed E-state index contributed by atoms with van der Waals surface area (Å²) in [5.74, 6) is -5.94. The van der Waals surface area contributed by atoms with E-state index in [9.17, 15) is 30.5 Å². The molecule has 0 aliphatic carbocycles. The van der Waals surface area contributed by atoms with E-state index < -0.39 is 39.3 Å². The van der Waals surface area contributed by atoms with Crippen LogP contribution < -0.4 is 4.57 Å². The van der Waals surface area contributed by atoms with Gasteiger partial charge in [-0.2, -0.15) is 27.1 Å². The summed E-state index contributed by atoms with van der Waals surface area (Å²) in [6.45, 7) is 5.85. The summed E-state index contributed by atoms with van der Waals surface area (Å²) in [5.41, 5.74) is 1.28. The summed E-state index contributed by atoms with van der Waals surface area (Å²) in [6, 6.07) is 12.6. The number of aryl methyl sites for hydroxylation is 2. The number of imidazole rings is 1. The van der Waals surface area contributed by atoms with Gasteiger partial charge in [-0.3, -0.25) is 0 Å². The minimum atomic E-state index is -4.27. The lowest BCUT2D eigenvalue weighted by atomic mass is 10.2. The van der Waals surface area contributed by atoms with Crippen molar-refractivity contribution < 1.29 is 35.1 Å². The third-order valence-corrected chi connectivity index (χ3v) is 5.80. The Morgan fingerprint density at radius 2 is 1.48 bits per heavy atom. The van der Waals surface area contributed by atoms with Gasteiger partial charge in [0.1, 0.15) is 10.1 Å². The van der Waals surface area contributed by atoms with Crippen LogP contribution in [0.25, 0.3) is 16.7 Å². The zero-order valence-corrected chi connectivity index (χ0v) is 18.6. The van der Waals surface area contributed by atoms with E-state index in [1.165, 1.54) is 12.1 Å². The van der Waals surface area contributed by atoms with Gasteiger partial charge in [-0.15, -0.1) is 0 Å². The van der Waals surface area contributed by atoms with Gasteiger partial charge in [-0.25, -0.2) is 13.0 Å². The first kappa shape index (κ1) is 24.3. The fourth-order valence-electron chi connectivity index (χ4n) is 3.41. The molecule has 4 rings (SSSR count). The van der Waals surface area contributed by atoms with Crippen LogP contribution in [0, 0.1) is 37.4 Å².